The molecular weight excluding hydrogens is 309 g/mol. The number of hydrogen-bond acceptors (Lipinski definition) is 3. The Labute approximate surface area is 137 Å². The molecular formula is C18H14FN3S. The smallest absolute Gasteiger partial charge is 0.190 e. The van der Waals surface area contributed by atoms with Crippen LogP contribution in [0.25, 0.3) is 11.3 Å². The second-order valence-corrected chi connectivity index (χ2v) is 6.68. The maximum Gasteiger partial charge on any atom is 0.190 e. The number of fused-ring (bicyclic) bond motifs is 1. The van der Waals surface area contributed by atoms with Gasteiger partial charge in [0.15, 0.2) is 5.16 Å². The summed E-state index contributed by atoms with van der Waals surface area (Å²) in [4.78, 5) is 4.67. The Morgan fingerprint density at radius 1 is 1.00 bits per heavy atom. The Hall–Kier alpha value is -2.40. The van der Waals surface area contributed by atoms with Gasteiger partial charge in [0.25, 0.3) is 0 Å². The average Bonchev–Trinajstić information content (AvgIpc) is 2.98. The van der Waals surface area contributed by atoms with Gasteiger partial charge in [0.2, 0.25) is 0 Å². The summed E-state index contributed by atoms with van der Waals surface area (Å²) in [5.74, 6) is -0.236. The molecule has 1 aliphatic rings. The summed E-state index contributed by atoms with van der Waals surface area (Å²) in [7, 11) is 0. The van der Waals surface area contributed by atoms with Crippen LogP contribution in [0.15, 0.2) is 71.1 Å². The Balaban J connectivity index is 1.75. The average molecular weight is 323 g/mol. The van der Waals surface area contributed by atoms with Gasteiger partial charge < -0.3 is 0 Å². The third-order valence-corrected chi connectivity index (χ3v) is 4.81. The molecule has 3 nitrogen and oxygen atoms in total. The molecule has 0 unspecified atom stereocenters. The zero-order chi connectivity index (χ0) is 15.8. The molecule has 0 fully saturated rings. The maximum atomic E-state index is 13.1. The van der Waals surface area contributed by atoms with Crippen LogP contribution in [0.5, 0.6) is 0 Å². The Kier molecular flexibility index (Phi) is 3.50. The molecule has 0 bridgehead atoms. The highest BCUT2D eigenvalue weighted by Gasteiger charge is 2.24. The number of thioether (sulfide) groups is 1. The Morgan fingerprint density at radius 2 is 1.74 bits per heavy atom. The summed E-state index contributed by atoms with van der Waals surface area (Å²) in [6, 6.07) is 16.5. The van der Waals surface area contributed by atoms with Gasteiger partial charge in [-0.25, -0.2) is 14.1 Å². The first kappa shape index (κ1) is 14.2. The second kappa shape index (κ2) is 5.66. The van der Waals surface area contributed by atoms with E-state index in [9.17, 15) is 4.39 Å². The molecule has 114 valence electrons. The number of imidazole rings is 1. The number of hydrogen-bond donors (Lipinski definition) is 0. The lowest BCUT2D eigenvalue weighted by Crippen LogP contribution is -2.21. The highest BCUT2D eigenvalue weighted by molar-refractivity contribution is 8.00. The lowest BCUT2D eigenvalue weighted by Gasteiger charge is -2.19. The normalized spacial score (nSPS) is 16.8. The molecule has 1 aromatic heterocycles. The minimum absolute atomic E-state index is 0.166. The fraction of sp³-hybridized carbons (Fsp3) is 0.111. The lowest BCUT2D eigenvalue weighted by atomic mass is 10.1. The van der Waals surface area contributed by atoms with Gasteiger partial charge in [-0.1, -0.05) is 54.2 Å². The van der Waals surface area contributed by atoms with Crippen LogP contribution >= 0.6 is 11.8 Å². The fourth-order valence-electron chi connectivity index (χ4n) is 2.58. The zero-order valence-corrected chi connectivity index (χ0v) is 13.3. The van der Waals surface area contributed by atoms with Crippen molar-refractivity contribution in [3.8, 4) is 11.3 Å². The molecule has 0 saturated carbocycles. The summed E-state index contributed by atoms with van der Waals surface area (Å²) >= 11 is 1.66. The van der Waals surface area contributed by atoms with E-state index in [4.69, 9.17) is 5.10 Å². The van der Waals surface area contributed by atoms with Crippen LogP contribution in [0.2, 0.25) is 0 Å². The molecule has 0 N–H and O–H groups in total. The quantitative estimate of drug-likeness (QED) is 0.698. The van der Waals surface area contributed by atoms with Gasteiger partial charge in [0.1, 0.15) is 5.82 Å². The van der Waals surface area contributed by atoms with E-state index in [2.05, 4.69) is 11.9 Å². The van der Waals surface area contributed by atoms with Crippen molar-refractivity contribution < 1.29 is 4.39 Å². The van der Waals surface area contributed by atoms with Crippen molar-refractivity contribution in [2.75, 3.05) is 0 Å². The molecule has 2 heterocycles. The number of nitrogens with zero attached hydrogens (tertiary/aromatic N) is 3. The van der Waals surface area contributed by atoms with Crippen LogP contribution < -0.4 is 0 Å². The largest absolute Gasteiger partial charge is 0.221 e. The van der Waals surface area contributed by atoms with E-state index >= 15 is 0 Å². The summed E-state index contributed by atoms with van der Waals surface area (Å²) in [6.45, 7) is 2.09. The highest BCUT2D eigenvalue weighted by atomic mass is 32.2. The van der Waals surface area contributed by atoms with E-state index in [-0.39, 0.29) is 11.1 Å². The first-order valence-corrected chi connectivity index (χ1v) is 8.25. The number of benzene rings is 2. The van der Waals surface area contributed by atoms with Crippen molar-refractivity contribution in [1.29, 1.82) is 0 Å². The van der Waals surface area contributed by atoms with E-state index in [1.54, 1.807) is 23.9 Å². The predicted octanol–water partition coefficient (Wildman–Crippen LogP) is 4.44. The third kappa shape index (κ3) is 2.68. The van der Waals surface area contributed by atoms with E-state index in [0.717, 1.165) is 27.7 Å². The Bertz CT molecular complexity index is 869. The molecule has 1 aliphatic heterocycles. The minimum atomic E-state index is -0.236. The van der Waals surface area contributed by atoms with E-state index in [1.165, 1.54) is 12.1 Å². The molecule has 0 aliphatic carbocycles. The van der Waals surface area contributed by atoms with Crippen LogP contribution in [0.1, 0.15) is 12.5 Å². The topological polar surface area (TPSA) is 30.2 Å². The maximum absolute atomic E-state index is 13.1. The summed E-state index contributed by atoms with van der Waals surface area (Å²) in [5.41, 5.74) is 3.84. The zero-order valence-electron chi connectivity index (χ0n) is 12.5. The fourth-order valence-corrected chi connectivity index (χ4v) is 3.54. The lowest BCUT2D eigenvalue weighted by molar-refractivity contribution is 0.627. The van der Waals surface area contributed by atoms with Crippen LogP contribution in [0.3, 0.4) is 0 Å². The molecule has 0 spiro atoms. The minimum Gasteiger partial charge on any atom is -0.221 e. The van der Waals surface area contributed by atoms with Gasteiger partial charge in [0.05, 0.1) is 22.9 Å². The van der Waals surface area contributed by atoms with Crippen LogP contribution in [-0.2, 0) is 0 Å². The van der Waals surface area contributed by atoms with Crippen LogP contribution in [-0.4, -0.2) is 20.6 Å². The summed E-state index contributed by atoms with van der Waals surface area (Å²) < 4.78 is 14.9. The molecule has 0 radical (unpaired) electrons. The number of aromatic nitrogens is 2. The molecule has 1 atom stereocenters. The molecule has 0 amide bonds. The van der Waals surface area contributed by atoms with Gasteiger partial charge in [-0.05, 0) is 24.6 Å². The SMILES string of the molecule is C[C@@H]1Sc2nc(-c3ccccc3)cn2N=C1c1ccc(F)cc1. The number of halogens is 1. The standard InChI is InChI=1S/C18H14FN3S/c1-12-17(14-7-9-15(19)10-8-14)21-22-11-16(20-18(22)23-12)13-5-3-2-4-6-13/h2-12H,1H3/t12-/m0/s1. The van der Waals surface area contributed by atoms with Crippen molar-refractivity contribution in [3.05, 3.63) is 72.2 Å². The van der Waals surface area contributed by atoms with E-state index in [0.29, 0.717) is 0 Å². The summed E-state index contributed by atoms with van der Waals surface area (Å²) in [5, 5.41) is 5.74. The van der Waals surface area contributed by atoms with Gasteiger partial charge in [-0.15, -0.1) is 0 Å². The van der Waals surface area contributed by atoms with Crippen molar-refractivity contribution >= 4 is 17.5 Å². The van der Waals surface area contributed by atoms with Gasteiger partial charge in [-0.3, -0.25) is 0 Å². The van der Waals surface area contributed by atoms with Crippen molar-refractivity contribution in [3.63, 3.8) is 0 Å². The van der Waals surface area contributed by atoms with E-state index in [1.807, 2.05) is 41.2 Å². The number of rotatable bonds is 2. The molecule has 0 saturated heterocycles. The summed E-state index contributed by atoms with van der Waals surface area (Å²) in [6.07, 6.45) is 1.94. The van der Waals surface area contributed by atoms with E-state index < -0.39 is 0 Å². The van der Waals surface area contributed by atoms with Crippen molar-refractivity contribution in [1.82, 2.24) is 9.66 Å². The molecule has 23 heavy (non-hydrogen) atoms. The third-order valence-electron chi connectivity index (χ3n) is 3.75. The van der Waals surface area contributed by atoms with Gasteiger partial charge in [0, 0.05) is 5.56 Å². The first-order chi connectivity index (χ1) is 11.2. The Morgan fingerprint density at radius 3 is 2.48 bits per heavy atom. The predicted molar refractivity (Wildman–Crippen MR) is 91.3 cm³/mol. The molecule has 2 aromatic carbocycles. The van der Waals surface area contributed by atoms with Gasteiger partial charge in [-0.2, -0.15) is 5.10 Å². The van der Waals surface area contributed by atoms with Crippen molar-refractivity contribution in [2.24, 2.45) is 5.10 Å². The monoisotopic (exact) mass is 323 g/mol. The van der Waals surface area contributed by atoms with Crippen molar-refractivity contribution in [2.45, 2.75) is 17.3 Å². The molecule has 4 rings (SSSR count). The first-order valence-electron chi connectivity index (χ1n) is 7.37. The van der Waals surface area contributed by atoms with Crippen LogP contribution in [0.4, 0.5) is 4.39 Å². The second-order valence-electron chi connectivity index (χ2n) is 5.37. The highest BCUT2D eigenvalue weighted by Crippen LogP contribution is 2.32. The van der Waals surface area contributed by atoms with Gasteiger partial charge >= 0.3 is 0 Å². The van der Waals surface area contributed by atoms with Crippen LogP contribution in [0, 0.1) is 5.82 Å². The molecule has 5 heteroatoms. The molecule has 3 aromatic rings.